The summed E-state index contributed by atoms with van der Waals surface area (Å²) in [4.78, 5) is 2.45. The molecule has 10 heavy (non-hydrogen) atoms. The Morgan fingerprint density at radius 3 is 2.60 bits per heavy atom. The van der Waals surface area contributed by atoms with Crippen molar-refractivity contribution in [2.75, 3.05) is 31.6 Å². The van der Waals surface area contributed by atoms with Crippen LogP contribution < -0.4 is 0 Å². The molecule has 1 fully saturated rings. The van der Waals surface area contributed by atoms with Crippen LogP contribution >= 0.6 is 11.8 Å². The fraction of sp³-hybridized carbons (Fsp3) is 1.00. The van der Waals surface area contributed by atoms with Crippen LogP contribution in [-0.4, -0.2) is 36.5 Å². The van der Waals surface area contributed by atoms with E-state index in [1.165, 1.54) is 43.9 Å². The van der Waals surface area contributed by atoms with E-state index in [4.69, 9.17) is 0 Å². The maximum Gasteiger partial charge on any atom is -0.00139 e. The second-order valence-electron chi connectivity index (χ2n) is 2.98. The van der Waals surface area contributed by atoms with Crippen molar-refractivity contribution in [2.24, 2.45) is 0 Å². The summed E-state index contributed by atoms with van der Waals surface area (Å²) < 4.78 is 0. The van der Waals surface area contributed by atoms with E-state index in [-0.39, 0.29) is 0 Å². The van der Waals surface area contributed by atoms with Crippen LogP contribution in [-0.2, 0) is 0 Å². The van der Waals surface area contributed by atoms with Gasteiger partial charge in [0.15, 0.2) is 0 Å². The van der Waals surface area contributed by atoms with Gasteiger partial charge in [-0.15, -0.1) is 0 Å². The van der Waals surface area contributed by atoms with Crippen molar-refractivity contribution < 1.29 is 0 Å². The zero-order valence-electron chi connectivity index (χ0n) is 6.81. The Morgan fingerprint density at radius 1 is 1.00 bits per heavy atom. The number of hydrogen-bond acceptors (Lipinski definition) is 2. The summed E-state index contributed by atoms with van der Waals surface area (Å²) >= 11 is 2.12. The van der Waals surface area contributed by atoms with Crippen LogP contribution in [0.15, 0.2) is 0 Å². The molecule has 1 saturated heterocycles. The molecule has 2 heteroatoms. The van der Waals surface area contributed by atoms with E-state index in [0.29, 0.717) is 0 Å². The van der Waals surface area contributed by atoms with Gasteiger partial charge < -0.3 is 4.90 Å². The minimum atomic E-state index is 1.30. The Kier molecular flexibility index (Phi) is 4.23. The maximum absolute atomic E-state index is 2.45. The van der Waals surface area contributed by atoms with Crippen LogP contribution in [0.25, 0.3) is 0 Å². The van der Waals surface area contributed by atoms with Gasteiger partial charge in [0.2, 0.25) is 0 Å². The predicted molar refractivity (Wildman–Crippen MR) is 48.7 cm³/mol. The molecule has 0 aromatic rings. The maximum atomic E-state index is 2.45. The second kappa shape index (κ2) is 5.03. The highest BCUT2D eigenvalue weighted by Crippen LogP contribution is 2.09. The van der Waals surface area contributed by atoms with Crippen molar-refractivity contribution >= 4 is 11.8 Å². The van der Waals surface area contributed by atoms with E-state index in [2.05, 4.69) is 23.7 Å². The molecule has 0 aromatic heterocycles. The van der Waals surface area contributed by atoms with Crippen molar-refractivity contribution in [1.29, 1.82) is 0 Å². The Labute approximate surface area is 68.2 Å². The van der Waals surface area contributed by atoms with Gasteiger partial charge in [-0.1, -0.05) is 0 Å². The van der Waals surface area contributed by atoms with Gasteiger partial charge in [-0.2, -0.15) is 11.8 Å². The molecular formula is C8H17NS. The molecule has 1 aliphatic rings. The molecule has 1 aliphatic heterocycles. The highest BCUT2D eigenvalue weighted by atomic mass is 32.2. The number of rotatable bonds is 0. The van der Waals surface area contributed by atoms with E-state index in [9.17, 15) is 0 Å². The fourth-order valence-corrected chi connectivity index (χ4v) is 2.18. The topological polar surface area (TPSA) is 3.24 Å². The molecule has 0 aliphatic carbocycles. The normalized spacial score (nSPS) is 24.9. The van der Waals surface area contributed by atoms with Crippen molar-refractivity contribution in [2.45, 2.75) is 19.3 Å². The highest BCUT2D eigenvalue weighted by molar-refractivity contribution is 7.99. The van der Waals surface area contributed by atoms with Gasteiger partial charge >= 0.3 is 0 Å². The van der Waals surface area contributed by atoms with Crippen molar-refractivity contribution in [3.63, 3.8) is 0 Å². The number of thioether (sulfide) groups is 1. The molecule has 0 unspecified atom stereocenters. The molecule has 0 bridgehead atoms. The molecular weight excluding hydrogens is 142 g/mol. The highest BCUT2D eigenvalue weighted by Gasteiger charge is 2.00. The predicted octanol–water partition coefficient (Wildman–Crippen LogP) is 1.84. The summed E-state index contributed by atoms with van der Waals surface area (Å²) in [6, 6.07) is 0. The van der Waals surface area contributed by atoms with Gasteiger partial charge in [-0.3, -0.25) is 0 Å². The Hall–Kier alpha value is 0.310. The van der Waals surface area contributed by atoms with Crippen LogP contribution in [0.3, 0.4) is 0 Å². The van der Waals surface area contributed by atoms with Crippen LogP contribution in [0.2, 0.25) is 0 Å². The first-order chi connectivity index (χ1) is 4.89. The lowest BCUT2D eigenvalue weighted by Crippen LogP contribution is -2.20. The molecule has 0 amide bonds. The molecule has 1 rings (SSSR count). The fourth-order valence-electron chi connectivity index (χ4n) is 1.24. The van der Waals surface area contributed by atoms with E-state index in [1.807, 2.05) is 0 Å². The lowest BCUT2D eigenvalue weighted by Gasteiger charge is -2.13. The zero-order valence-corrected chi connectivity index (χ0v) is 7.62. The lowest BCUT2D eigenvalue weighted by atomic mass is 10.3. The minimum Gasteiger partial charge on any atom is -0.306 e. The van der Waals surface area contributed by atoms with Gasteiger partial charge in [0.25, 0.3) is 0 Å². The summed E-state index contributed by atoms with van der Waals surface area (Å²) in [5.74, 6) is 2.75. The lowest BCUT2D eigenvalue weighted by molar-refractivity contribution is 0.332. The molecule has 0 aromatic carbocycles. The summed E-state index contributed by atoms with van der Waals surface area (Å²) in [5, 5.41) is 0. The van der Waals surface area contributed by atoms with E-state index < -0.39 is 0 Å². The quantitative estimate of drug-likeness (QED) is 0.530. The summed E-state index contributed by atoms with van der Waals surface area (Å²) in [7, 11) is 2.23. The first kappa shape index (κ1) is 8.41. The monoisotopic (exact) mass is 159 g/mol. The van der Waals surface area contributed by atoms with Gasteiger partial charge in [-0.05, 0) is 50.9 Å². The first-order valence-electron chi connectivity index (χ1n) is 4.16. The van der Waals surface area contributed by atoms with E-state index in [1.54, 1.807) is 0 Å². The van der Waals surface area contributed by atoms with Crippen molar-refractivity contribution in [1.82, 2.24) is 4.90 Å². The van der Waals surface area contributed by atoms with Crippen molar-refractivity contribution in [3.05, 3.63) is 0 Å². The summed E-state index contributed by atoms with van der Waals surface area (Å²) in [6.45, 7) is 2.60. The summed E-state index contributed by atoms with van der Waals surface area (Å²) in [6.07, 6.45) is 4.18. The van der Waals surface area contributed by atoms with Crippen LogP contribution in [0.1, 0.15) is 19.3 Å². The van der Waals surface area contributed by atoms with Gasteiger partial charge in [0, 0.05) is 0 Å². The Balaban J connectivity index is 2.15. The van der Waals surface area contributed by atoms with Gasteiger partial charge in [0.1, 0.15) is 0 Å². The first-order valence-corrected chi connectivity index (χ1v) is 5.31. The molecule has 0 atom stereocenters. The number of nitrogens with zero attached hydrogens (tertiary/aromatic N) is 1. The largest absolute Gasteiger partial charge is 0.306 e. The van der Waals surface area contributed by atoms with E-state index >= 15 is 0 Å². The SMILES string of the molecule is CN1CCCCSCCC1. The Morgan fingerprint density at radius 2 is 1.70 bits per heavy atom. The van der Waals surface area contributed by atoms with Crippen molar-refractivity contribution in [3.8, 4) is 0 Å². The molecule has 60 valence electrons. The minimum absolute atomic E-state index is 1.30. The van der Waals surface area contributed by atoms with E-state index in [0.717, 1.165) is 0 Å². The molecule has 0 N–H and O–H groups in total. The van der Waals surface area contributed by atoms with Crippen LogP contribution in [0.5, 0.6) is 0 Å². The summed E-state index contributed by atoms with van der Waals surface area (Å²) in [5.41, 5.74) is 0. The second-order valence-corrected chi connectivity index (χ2v) is 4.20. The van der Waals surface area contributed by atoms with Gasteiger partial charge in [0.05, 0.1) is 0 Å². The third-order valence-corrected chi connectivity index (χ3v) is 3.06. The zero-order chi connectivity index (χ0) is 7.23. The average Bonchev–Trinajstić information content (AvgIpc) is 2.02. The average molecular weight is 159 g/mol. The third-order valence-electron chi connectivity index (χ3n) is 1.91. The van der Waals surface area contributed by atoms with Crippen LogP contribution in [0.4, 0.5) is 0 Å². The smallest absolute Gasteiger partial charge is 0.00139 e. The molecule has 0 radical (unpaired) electrons. The molecule has 0 saturated carbocycles. The van der Waals surface area contributed by atoms with Crippen LogP contribution in [0, 0.1) is 0 Å². The van der Waals surface area contributed by atoms with Gasteiger partial charge in [-0.25, -0.2) is 0 Å². The molecule has 0 spiro atoms. The molecule has 1 heterocycles. The third kappa shape index (κ3) is 3.47. The Bertz CT molecular complexity index is 75.3. The molecule has 1 nitrogen and oxygen atoms in total. The standard InChI is InChI=1S/C8H17NS/c1-9-5-2-3-7-10-8-4-6-9/h2-8H2,1H3. The number of hydrogen-bond donors (Lipinski definition) is 0.